The van der Waals surface area contributed by atoms with Crippen LogP contribution in [0.15, 0.2) is 0 Å². The number of nitrogens with one attached hydrogen (secondary N) is 1. The lowest BCUT2D eigenvalue weighted by atomic mass is 9.89. The van der Waals surface area contributed by atoms with Crippen molar-refractivity contribution in [2.75, 3.05) is 26.8 Å². The van der Waals surface area contributed by atoms with E-state index in [2.05, 4.69) is 39.9 Å². The predicted octanol–water partition coefficient (Wildman–Crippen LogP) is 3.07. The zero-order chi connectivity index (χ0) is 11.9. The Balaban J connectivity index is 3.57. The van der Waals surface area contributed by atoms with Crippen LogP contribution in [-0.2, 0) is 4.74 Å². The van der Waals surface area contributed by atoms with Crippen LogP contribution in [0, 0.1) is 10.8 Å². The molecule has 2 nitrogen and oxygen atoms in total. The standard InChI is InChI=1S/C13H29NO/c1-12(2,3)7-9-14-11-13(4,5)8-10-15-6/h14H,7-11H2,1-6H3. The fraction of sp³-hybridized carbons (Fsp3) is 1.00. The van der Waals surface area contributed by atoms with Gasteiger partial charge < -0.3 is 10.1 Å². The van der Waals surface area contributed by atoms with Crippen LogP contribution < -0.4 is 5.32 Å². The van der Waals surface area contributed by atoms with Crippen LogP contribution in [0.4, 0.5) is 0 Å². The Labute approximate surface area is 95.8 Å². The molecular formula is C13H29NO. The molecule has 0 spiro atoms. The highest BCUT2D eigenvalue weighted by Crippen LogP contribution is 2.20. The summed E-state index contributed by atoms with van der Waals surface area (Å²) in [6.07, 6.45) is 2.35. The van der Waals surface area contributed by atoms with Crippen molar-refractivity contribution in [2.45, 2.75) is 47.5 Å². The maximum Gasteiger partial charge on any atom is 0.0467 e. The first-order valence-electron chi connectivity index (χ1n) is 5.96. The topological polar surface area (TPSA) is 21.3 Å². The molecule has 0 amide bonds. The second-order valence-electron chi connectivity index (χ2n) is 6.39. The Morgan fingerprint density at radius 3 is 2.07 bits per heavy atom. The molecule has 0 saturated heterocycles. The van der Waals surface area contributed by atoms with E-state index in [0.717, 1.165) is 26.1 Å². The van der Waals surface area contributed by atoms with E-state index in [1.165, 1.54) is 6.42 Å². The summed E-state index contributed by atoms with van der Waals surface area (Å²) in [4.78, 5) is 0. The van der Waals surface area contributed by atoms with Crippen molar-refractivity contribution in [1.82, 2.24) is 5.32 Å². The molecule has 0 heterocycles. The molecule has 92 valence electrons. The van der Waals surface area contributed by atoms with Gasteiger partial charge in [-0.15, -0.1) is 0 Å². The number of rotatable bonds is 7. The third kappa shape index (κ3) is 10.2. The van der Waals surface area contributed by atoms with Gasteiger partial charge in [-0.1, -0.05) is 34.6 Å². The van der Waals surface area contributed by atoms with Crippen molar-refractivity contribution in [2.24, 2.45) is 10.8 Å². The molecule has 0 aromatic rings. The van der Waals surface area contributed by atoms with Gasteiger partial charge in [0, 0.05) is 20.3 Å². The van der Waals surface area contributed by atoms with Crippen molar-refractivity contribution in [1.29, 1.82) is 0 Å². The smallest absolute Gasteiger partial charge is 0.0467 e. The van der Waals surface area contributed by atoms with E-state index in [1.54, 1.807) is 7.11 Å². The van der Waals surface area contributed by atoms with E-state index in [1.807, 2.05) is 0 Å². The Hall–Kier alpha value is -0.0800. The lowest BCUT2D eigenvalue weighted by Crippen LogP contribution is -2.32. The lowest BCUT2D eigenvalue weighted by molar-refractivity contribution is 0.150. The van der Waals surface area contributed by atoms with E-state index in [-0.39, 0.29) is 0 Å². The molecule has 0 bridgehead atoms. The van der Waals surface area contributed by atoms with E-state index >= 15 is 0 Å². The van der Waals surface area contributed by atoms with E-state index in [9.17, 15) is 0 Å². The van der Waals surface area contributed by atoms with Crippen LogP contribution in [-0.4, -0.2) is 26.8 Å². The van der Waals surface area contributed by atoms with Crippen molar-refractivity contribution in [3.8, 4) is 0 Å². The first-order chi connectivity index (χ1) is 6.77. The van der Waals surface area contributed by atoms with Crippen LogP contribution >= 0.6 is 0 Å². The fourth-order valence-electron chi connectivity index (χ4n) is 1.36. The molecule has 0 aromatic carbocycles. The van der Waals surface area contributed by atoms with Crippen molar-refractivity contribution in [3.63, 3.8) is 0 Å². The molecule has 0 saturated carbocycles. The number of ether oxygens (including phenoxy) is 1. The second-order valence-corrected chi connectivity index (χ2v) is 6.39. The van der Waals surface area contributed by atoms with Crippen molar-refractivity contribution >= 4 is 0 Å². The van der Waals surface area contributed by atoms with Gasteiger partial charge in [-0.05, 0) is 30.2 Å². The molecule has 0 unspecified atom stereocenters. The predicted molar refractivity (Wildman–Crippen MR) is 67.2 cm³/mol. The summed E-state index contributed by atoms with van der Waals surface area (Å²) in [6, 6.07) is 0. The maximum absolute atomic E-state index is 5.11. The molecule has 0 aliphatic carbocycles. The molecular weight excluding hydrogens is 186 g/mol. The van der Waals surface area contributed by atoms with Gasteiger partial charge in [0.2, 0.25) is 0 Å². The summed E-state index contributed by atoms with van der Waals surface area (Å²) in [7, 11) is 1.77. The van der Waals surface area contributed by atoms with E-state index < -0.39 is 0 Å². The van der Waals surface area contributed by atoms with Crippen LogP contribution in [0.3, 0.4) is 0 Å². The normalized spacial score (nSPS) is 13.2. The molecule has 0 radical (unpaired) electrons. The Morgan fingerprint density at radius 1 is 1.00 bits per heavy atom. The van der Waals surface area contributed by atoms with Crippen LogP contribution in [0.5, 0.6) is 0 Å². The molecule has 0 rings (SSSR count). The summed E-state index contributed by atoms with van der Waals surface area (Å²) < 4.78 is 5.11. The van der Waals surface area contributed by atoms with Gasteiger partial charge in [-0.3, -0.25) is 0 Å². The highest BCUT2D eigenvalue weighted by atomic mass is 16.5. The van der Waals surface area contributed by atoms with Gasteiger partial charge in [0.25, 0.3) is 0 Å². The van der Waals surface area contributed by atoms with Gasteiger partial charge in [0.15, 0.2) is 0 Å². The quantitative estimate of drug-likeness (QED) is 0.659. The molecule has 0 aromatic heterocycles. The molecule has 0 aliphatic rings. The van der Waals surface area contributed by atoms with Crippen molar-refractivity contribution in [3.05, 3.63) is 0 Å². The minimum atomic E-state index is 0.341. The number of methoxy groups -OCH3 is 1. The molecule has 1 N–H and O–H groups in total. The van der Waals surface area contributed by atoms with Gasteiger partial charge in [-0.25, -0.2) is 0 Å². The Kier molecular flexibility index (Phi) is 6.46. The minimum absolute atomic E-state index is 0.341. The Bertz CT molecular complexity index is 158. The van der Waals surface area contributed by atoms with Gasteiger partial charge in [0.05, 0.1) is 0 Å². The van der Waals surface area contributed by atoms with Crippen LogP contribution in [0.2, 0.25) is 0 Å². The molecule has 15 heavy (non-hydrogen) atoms. The third-order valence-corrected chi connectivity index (χ3v) is 2.64. The first-order valence-corrected chi connectivity index (χ1v) is 5.96. The van der Waals surface area contributed by atoms with Gasteiger partial charge in [0.1, 0.15) is 0 Å². The number of hydrogen-bond acceptors (Lipinski definition) is 2. The largest absolute Gasteiger partial charge is 0.385 e. The van der Waals surface area contributed by atoms with E-state index in [0.29, 0.717) is 10.8 Å². The fourth-order valence-corrected chi connectivity index (χ4v) is 1.36. The monoisotopic (exact) mass is 215 g/mol. The summed E-state index contributed by atoms with van der Waals surface area (Å²) in [6.45, 7) is 14.5. The summed E-state index contributed by atoms with van der Waals surface area (Å²) in [5.41, 5.74) is 0.775. The maximum atomic E-state index is 5.11. The highest BCUT2D eigenvalue weighted by molar-refractivity contribution is 4.72. The second kappa shape index (κ2) is 6.49. The number of hydrogen-bond donors (Lipinski definition) is 1. The average Bonchev–Trinajstić information content (AvgIpc) is 2.08. The zero-order valence-electron chi connectivity index (χ0n) is 11.4. The van der Waals surface area contributed by atoms with Crippen LogP contribution in [0.25, 0.3) is 0 Å². The molecule has 0 aliphatic heterocycles. The summed E-state index contributed by atoms with van der Waals surface area (Å²) in [5.74, 6) is 0. The third-order valence-electron chi connectivity index (χ3n) is 2.64. The summed E-state index contributed by atoms with van der Waals surface area (Å²) in [5, 5.41) is 3.54. The van der Waals surface area contributed by atoms with Crippen molar-refractivity contribution < 1.29 is 4.74 Å². The highest BCUT2D eigenvalue weighted by Gasteiger charge is 2.17. The van der Waals surface area contributed by atoms with Gasteiger partial charge in [-0.2, -0.15) is 0 Å². The molecule has 2 heteroatoms. The summed E-state index contributed by atoms with van der Waals surface area (Å²) >= 11 is 0. The van der Waals surface area contributed by atoms with E-state index in [4.69, 9.17) is 4.74 Å². The minimum Gasteiger partial charge on any atom is -0.385 e. The lowest BCUT2D eigenvalue weighted by Gasteiger charge is -2.26. The zero-order valence-corrected chi connectivity index (χ0v) is 11.4. The molecule has 0 fully saturated rings. The Morgan fingerprint density at radius 2 is 1.60 bits per heavy atom. The van der Waals surface area contributed by atoms with Gasteiger partial charge >= 0.3 is 0 Å². The molecule has 0 atom stereocenters. The average molecular weight is 215 g/mol. The SMILES string of the molecule is COCCC(C)(C)CNCCC(C)(C)C. The first kappa shape index (κ1) is 14.9. The van der Waals surface area contributed by atoms with Crippen LogP contribution in [0.1, 0.15) is 47.5 Å².